The van der Waals surface area contributed by atoms with Crippen LogP contribution < -0.4 is 9.47 Å². The molecule has 0 N–H and O–H groups in total. The number of imide groups is 1. The number of benzene rings is 2. The molecule has 11 heteroatoms. The van der Waals surface area contributed by atoms with Gasteiger partial charge in [-0.25, -0.2) is 4.79 Å². The molecule has 0 aliphatic carbocycles. The number of nitrogens with zero attached hydrogens (tertiary/aromatic N) is 1. The molecule has 168 valence electrons. The van der Waals surface area contributed by atoms with Crippen LogP contribution in [0.2, 0.25) is 10.0 Å². The van der Waals surface area contributed by atoms with Crippen LogP contribution in [0.1, 0.15) is 11.1 Å². The molecule has 0 spiro atoms. The predicted molar refractivity (Wildman–Crippen MR) is 131 cm³/mol. The van der Waals surface area contributed by atoms with Crippen LogP contribution in [0.4, 0.5) is 4.79 Å². The van der Waals surface area contributed by atoms with Crippen molar-refractivity contribution in [2.24, 2.45) is 0 Å². The number of methoxy groups -OCH3 is 2. The Labute approximate surface area is 212 Å². The Morgan fingerprint density at radius 3 is 2.59 bits per heavy atom. The zero-order valence-corrected chi connectivity index (χ0v) is 21.3. The van der Waals surface area contributed by atoms with Crippen molar-refractivity contribution in [3.63, 3.8) is 0 Å². The summed E-state index contributed by atoms with van der Waals surface area (Å²) in [5.41, 5.74) is 1.25. The zero-order chi connectivity index (χ0) is 23.4. The van der Waals surface area contributed by atoms with E-state index >= 15 is 0 Å². The van der Waals surface area contributed by atoms with Crippen LogP contribution in [-0.2, 0) is 20.9 Å². The van der Waals surface area contributed by atoms with Gasteiger partial charge in [0.25, 0.3) is 11.1 Å². The maximum Gasteiger partial charge on any atom is 0.343 e. The van der Waals surface area contributed by atoms with Gasteiger partial charge in [0.05, 0.1) is 29.2 Å². The van der Waals surface area contributed by atoms with Crippen LogP contribution in [0.5, 0.6) is 11.5 Å². The smallest absolute Gasteiger partial charge is 0.343 e. The Bertz CT molecular complexity index is 1120. The molecule has 2 aromatic carbocycles. The highest BCUT2D eigenvalue weighted by atomic mass is 127. The number of hydrogen-bond donors (Lipinski definition) is 0. The molecule has 0 aromatic heterocycles. The van der Waals surface area contributed by atoms with Crippen molar-refractivity contribution >= 4 is 80.7 Å². The van der Waals surface area contributed by atoms with E-state index in [2.05, 4.69) is 4.74 Å². The summed E-state index contributed by atoms with van der Waals surface area (Å²) in [5, 5.41) is 0.449. The van der Waals surface area contributed by atoms with Gasteiger partial charge in [-0.05, 0) is 75.8 Å². The average Bonchev–Trinajstić information content (AvgIpc) is 3.01. The first kappa shape index (κ1) is 24.7. The lowest BCUT2D eigenvalue weighted by atomic mass is 10.1. The lowest BCUT2D eigenvalue weighted by Gasteiger charge is -2.14. The van der Waals surface area contributed by atoms with Crippen LogP contribution in [-0.4, -0.2) is 42.8 Å². The summed E-state index contributed by atoms with van der Waals surface area (Å²) in [6.07, 6.45) is 1.60. The number of carbonyl (C=O) groups is 3. The molecule has 2 aromatic rings. The van der Waals surface area contributed by atoms with Crippen molar-refractivity contribution in [3.8, 4) is 11.5 Å². The molecule has 0 saturated carbocycles. The monoisotopic (exact) mass is 607 g/mol. The molecule has 3 rings (SSSR count). The number of ether oxygens (including phenoxy) is 3. The van der Waals surface area contributed by atoms with Crippen molar-refractivity contribution in [1.82, 2.24) is 4.90 Å². The number of esters is 1. The Hall–Kier alpha value is -1.95. The first-order chi connectivity index (χ1) is 15.2. The Kier molecular flexibility index (Phi) is 8.32. The van der Waals surface area contributed by atoms with E-state index in [1.807, 2.05) is 22.6 Å². The number of thioether (sulfide) groups is 1. The summed E-state index contributed by atoms with van der Waals surface area (Å²) < 4.78 is 16.1. The normalized spacial score (nSPS) is 14.8. The topological polar surface area (TPSA) is 82.1 Å². The maximum atomic E-state index is 12.9. The van der Waals surface area contributed by atoms with E-state index in [0.717, 1.165) is 16.7 Å². The van der Waals surface area contributed by atoms with Crippen molar-refractivity contribution < 1.29 is 28.6 Å². The van der Waals surface area contributed by atoms with E-state index in [0.29, 0.717) is 36.2 Å². The summed E-state index contributed by atoms with van der Waals surface area (Å²) in [6, 6.07) is 8.29. The highest BCUT2D eigenvalue weighted by Gasteiger charge is 2.35. The van der Waals surface area contributed by atoms with Crippen LogP contribution in [0.25, 0.3) is 6.08 Å². The molecule has 0 atom stereocenters. The number of rotatable bonds is 7. The van der Waals surface area contributed by atoms with Crippen LogP contribution in [0, 0.1) is 3.57 Å². The minimum Gasteiger partial charge on any atom is -0.493 e. The molecule has 0 unspecified atom stereocenters. The van der Waals surface area contributed by atoms with E-state index in [1.54, 1.807) is 36.4 Å². The van der Waals surface area contributed by atoms with E-state index in [1.165, 1.54) is 14.2 Å². The van der Waals surface area contributed by atoms with E-state index in [9.17, 15) is 14.4 Å². The molecule has 0 radical (unpaired) electrons. The molecule has 1 fully saturated rings. The highest BCUT2D eigenvalue weighted by molar-refractivity contribution is 14.1. The summed E-state index contributed by atoms with van der Waals surface area (Å²) in [6.45, 7) is -0.229. The van der Waals surface area contributed by atoms with E-state index in [-0.39, 0.29) is 18.1 Å². The van der Waals surface area contributed by atoms with Crippen LogP contribution in [0.3, 0.4) is 0 Å². The van der Waals surface area contributed by atoms with E-state index in [4.69, 9.17) is 32.7 Å². The third-order valence-electron chi connectivity index (χ3n) is 4.33. The Morgan fingerprint density at radius 2 is 1.94 bits per heavy atom. The van der Waals surface area contributed by atoms with Gasteiger partial charge >= 0.3 is 5.97 Å². The Balaban J connectivity index is 1.83. The van der Waals surface area contributed by atoms with Gasteiger partial charge in [0, 0.05) is 10.0 Å². The highest BCUT2D eigenvalue weighted by Crippen LogP contribution is 2.38. The molecule has 32 heavy (non-hydrogen) atoms. The number of halogens is 3. The fourth-order valence-electron chi connectivity index (χ4n) is 2.76. The van der Waals surface area contributed by atoms with Crippen LogP contribution >= 0.6 is 57.6 Å². The average molecular weight is 608 g/mol. The van der Waals surface area contributed by atoms with Crippen molar-refractivity contribution in [1.29, 1.82) is 0 Å². The lowest BCUT2D eigenvalue weighted by Crippen LogP contribution is -2.27. The second-order valence-electron chi connectivity index (χ2n) is 6.40. The van der Waals surface area contributed by atoms with Crippen molar-refractivity contribution in [2.75, 3.05) is 20.8 Å². The SMILES string of the molecule is COC(=O)COc1c(I)cc(/C=C2\SC(=O)N(Cc3ccc(Cl)cc3Cl)C2=O)cc1OC. The quantitative estimate of drug-likeness (QED) is 0.237. The molecular formula is C21H16Cl2INO6S. The van der Waals surface area contributed by atoms with Gasteiger partial charge in [-0.1, -0.05) is 29.3 Å². The van der Waals surface area contributed by atoms with Gasteiger partial charge in [0.2, 0.25) is 0 Å². The molecule has 2 amide bonds. The third-order valence-corrected chi connectivity index (χ3v) is 6.62. The summed E-state index contributed by atoms with van der Waals surface area (Å²) >= 11 is 15.0. The second kappa shape index (κ2) is 10.8. The van der Waals surface area contributed by atoms with Gasteiger partial charge in [0.15, 0.2) is 18.1 Å². The molecular weight excluding hydrogens is 592 g/mol. The van der Waals surface area contributed by atoms with Crippen molar-refractivity contribution in [3.05, 3.63) is 60.0 Å². The van der Waals surface area contributed by atoms with E-state index < -0.39 is 17.1 Å². The number of hydrogen-bond acceptors (Lipinski definition) is 7. The van der Waals surface area contributed by atoms with Gasteiger partial charge in [-0.3, -0.25) is 14.5 Å². The summed E-state index contributed by atoms with van der Waals surface area (Å²) in [7, 11) is 2.73. The number of carbonyl (C=O) groups excluding carboxylic acids is 3. The molecule has 1 aliphatic heterocycles. The minimum atomic E-state index is -0.526. The zero-order valence-electron chi connectivity index (χ0n) is 16.8. The van der Waals surface area contributed by atoms with Gasteiger partial charge < -0.3 is 14.2 Å². The molecule has 7 nitrogen and oxygen atoms in total. The Morgan fingerprint density at radius 1 is 1.19 bits per heavy atom. The fraction of sp³-hybridized carbons (Fsp3) is 0.190. The van der Waals surface area contributed by atoms with Gasteiger partial charge in [-0.2, -0.15) is 0 Å². The first-order valence-corrected chi connectivity index (χ1v) is 11.6. The molecule has 1 heterocycles. The summed E-state index contributed by atoms with van der Waals surface area (Å²) in [5.74, 6) is -0.201. The second-order valence-corrected chi connectivity index (χ2v) is 9.40. The predicted octanol–water partition coefficient (Wildman–Crippen LogP) is 5.39. The lowest BCUT2D eigenvalue weighted by molar-refractivity contribution is -0.143. The molecule has 1 saturated heterocycles. The minimum absolute atomic E-state index is 0.0408. The molecule has 1 aliphatic rings. The number of amides is 2. The largest absolute Gasteiger partial charge is 0.493 e. The fourth-order valence-corrected chi connectivity index (χ4v) is 4.85. The summed E-state index contributed by atoms with van der Waals surface area (Å²) in [4.78, 5) is 38.1. The third kappa shape index (κ3) is 5.69. The maximum absolute atomic E-state index is 12.9. The molecule has 0 bridgehead atoms. The first-order valence-electron chi connectivity index (χ1n) is 9.00. The van der Waals surface area contributed by atoms with Crippen LogP contribution in [0.15, 0.2) is 35.2 Å². The standard InChI is InChI=1S/C21H16Cl2INO6S/c1-29-16-6-11(5-15(24)19(16)31-10-18(26)30-2)7-17-20(27)25(21(28)32-17)9-12-3-4-13(22)8-14(12)23/h3-8H,9-10H2,1-2H3/b17-7-. The van der Waals surface area contributed by atoms with Crippen molar-refractivity contribution in [2.45, 2.75) is 6.54 Å². The van der Waals surface area contributed by atoms with Gasteiger partial charge in [0.1, 0.15) is 0 Å². The van der Waals surface area contributed by atoms with Gasteiger partial charge in [-0.15, -0.1) is 0 Å².